The third-order valence-corrected chi connectivity index (χ3v) is 7.74. The molecule has 2 aliphatic rings. The van der Waals surface area contributed by atoms with Crippen LogP contribution in [0.1, 0.15) is 43.0 Å². The molecule has 174 valence electrons. The molecule has 7 heteroatoms. The maximum atomic E-state index is 13.6. The summed E-state index contributed by atoms with van der Waals surface area (Å²) in [6.07, 6.45) is 6.51. The van der Waals surface area contributed by atoms with Gasteiger partial charge in [0.2, 0.25) is 0 Å². The van der Waals surface area contributed by atoms with Gasteiger partial charge in [0.1, 0.15) is 0 Å². The van der Waals surface area contributed by atoms with Gasteiger partial charge in [-0.3, -0.25) is 14.5 Å². The second-order valence-electron chi connectivity index (χ2n) is 9.97. The summed E-state index contributed by atoms with van der Waals surface area (Å²) in [7, 11) is 5.89. The molecule has 2 saturated heterocycles. The molecule has 0 bridgehead atoms. The molecule has 2 fully saturated rings. The molecule has 0 radical (unpaired) electrons. The van der Waals surface area contributed by atoms with Crippen molar-refractivity contribution in [2.24, 2.45) is 11.8 Å². The number of benzene rings is 1. The maximum Gasteiger partial charge on any atom is 0.263 e. The van der Waals surface area contributed by atoms with Gasteiger partial charge in [0.15, 0.2) is 5.66 Å². The number of fused-ring (bicyclic) bond motifs is 1. The van der Waals surface area contributed by atoms with Crippen LogP contribution in [0.5, 0.6) is 0 Å². The number of amides is 2. The Morgan fingerprint density at radius 2 is 1.66 bits per heavy atom. The summed E-state index contributed by atoms with van der Waals surface area (Å²) >= 11 is 0. The summed E-state index contributed by atoms with van der Waals surface area (Å²) in [5.74, 6) is 1.22. The molecule has 1 aromatic carbocycles. The van der Waals surface area contributed by atoms with Gasteiger partial charge in [0, 0.05) is 30.4 Å². The summed E-state index contributed by atoms with van der Waals surface area (Å²) < 4.78 is 0. The number of likely N-dealkylation sites (N-methyl/N-ethyl adjacent to an activating group) is 1. The van der Waals surface area contributed by atoms with Crippen LogP contribution >= 0.6 is 0 Å². The molecule has 2 aliphatic heterocycles. The van der Waals surface area contributed by atoms with E-state index in [1.165, 1.54) is 25.9 Å². The van der Waals surface area contributed by atoms with E-state index in [2.05, 4.69) is 22.2 Å². The second kappa shape index (κ2) is 9.24. The van der Waals surface area contributed by atoms with E-state index < -0.39 is 5.66 Å². The van der Waals surface area contributed by atoms with Crippen LogP contribution in [-0.2, 0) is 4.79 Å². The fourth-order valence-electron chi connectivity index (χ4n) is 5.22. The number of carbonyl (C=O) groups excluding carboxylic acids is 2. The highest BCUT2D eigenvalue weighted by molar-refractivity contribution is 6.01. The van der Waals surface area contributed by atoms with Gasteiger partial charge in [-0.1, -0.05) is 6.07 Å². The van der Waals surface area contributed by atoms with Gasteiger partial charge in [-0.2, -0.15) is 0 Å². The third-order valence-electron chi connectivity index (χ3n) is 7.74. The minimum absolute atomic E-state index is 0.0290. The molecule has 32 heavy (non-hydrogen) atoms. The number of hydrogen-bond donors (Lipinski definition) is 2. The van der Waals surface area contributed by atoms with E-state index in [9.17, 15) is 9.59 Å². The van der Waals surface area contributed by atoms with E-state index in [-0.39, 0.29) is 11.8 Å². The zero-order chi connectivity index (χ0) is 22.9. The topological polar surface area (TPSA) is 71.7 Å². The van der Waals surface area contributed by atoms with E-state index >= 15 is 0 Å². The maximum absolute atomic E-state index is 13.6. The molecule has 1 aromatic heterocycles. The first-order valence-electron chi connectivity index (χ1n) is 11.8. The van der Waals surface area contributed by atoms with Crippen molar-refractivity contribution in [1.82, 2.24) is 25.0 Å². The normalized spacial score (nSPS) is 21.1. The Morgan fingerprint density at radius 3 is 2.28 bits per heavy atom. The van der Waals surface area contributed by atoms with Crippen LogP contribution in [0.25, 0.3) is 10.9 Å². The number of nitrogens with one attached hydrogen (secondary N) is 2. The minimum atomic E-state index is -1.10. The van der Waals surface area contributed by atoms with Crippen molar-refractivity contribution < 1.29 is 9.59 Å². The Morgan fingerprint density at radius 1 is 1.03 bits per heavy atom. The first-order valence-corrected chi connectivity index (χ1v) is 11.8. The molecule has 2 amide bonds. The zero-order valence-electron chi connectivity index (χ0n) is 19.9. The minimum Gasteiger partial charge on any atom is -0.361 e. The van der Waals surface area contributed by atoms with Crippen LogP contribution in [-0.4, -0.2) is 84.5 Å². The Kier molecular flexibility index (Phi) is 6.58. The zero-order valence-corrected chi connectivity index (χ0v) is 19.9. The quantitative estimate of drug-likeness (QED) is 0.703. The number of carbonyl (C=O) groups is 2. The number of likely N-dealkylation sites (tertiary alicyclic amines) is 2. The Labute approximate surface area is 191 Å². The summed E-state index contributed by atoms with van der Waals surface area (Å²) in [5.41, 5.74) is 0.357. The largest absolute Gasteiger partial charge is 0.361 e. The molecule has 1 atom stereocenters. The van der Waals surface area contributed by atoms with Gasteiger partial charge in [0.25, 0.3) is 11.8 Å². The lowest BCUT2D eigenvalue weighted by atomic mass is 9.78. The molecule has 4 rings (SSSR count). The van der Waals surface area contributed by atoms with Gasteiger partial charge in [-0.15, -0.1) is 0 Å². The van der Waals surface area contributed by atoms with Crippen molar-refractivity contribution in [2.45, 2.75) is 38.3 Å². The summed E-state index contributed by atoms with van der Waals surface area (Å²) in [4.78, 5) is 36.0. The monoisotopic (exact) mass is 439 g/mol. The lowest BCUT2D eigenvalue weighted by molar-refractivity contribution is -0.145. The molecule has 2 N–H and O–H groups in total. The van der Waals surface area contributed by atoms with Gasteiger partial charge in [-0.25, -0.2) is 0 Å². The Balaban J connectivity index is 1.41. The number of nitrogens with zero attached hydrogens (tertiary/aromatic N) is 3. The van der Waals surface area contributed by atoms with Crippen LogP contribution in [0.2, 0.25) is 0 Å². The predicted octanol–water partition coefficient (Wildman–Crippen LogP) is 2.76. The first kappa shape index (κ1) is 22.8. The highest BCUT2D eigenvalue weighted by atomic mass is 16.2. The molecular weight excluding hydrogens is 402 g/mol. The second-order valence-corrected chi connectivity index (χ2v) is 9.97. The van der Waals surface area contributed by atoms with Crippen molar-refractivity contribution in [3.8, 4) is 0 Å². The lowest BCUT2D eigenvalue weighted by Crippen LogP contribution is -2.66. The van der Waals surface area contributed by atoms with Crippen molar-refractivity contribution in [3.63, 3.8) is 0 Å². The van der Waals surface area contributed by atoms with Crippen LogP contribution < -0.4 is 5.32 Å². The number of rotatable bonds is 5. The van der Waals surface area contributed by atoms with E-state index in [0.717, 1.165) is 42.8 Å². The summed E-state index contributed by atoms with van der Waals surface area (Å²) in [6.45, 7) is 5.71. The van der Waals surface area contributed by atoms with Crippen LogP contribution in [0, 0.1) is 11.8 Å². The van der Waals surface area contributed by atoms with Gasteiger partial charge in [0.05, 0.1) is 0 Å². The van der Waals surface area contributed by atoms with E-state index in [1.807, 2.05) is 55.2 Å². The number of piperidine rings is 2. The average Bonchev–Trinajstić information content (AvgIpc) is 3.27. The fourth-order valence-corrected chi connectivity index (χ4v) is 5.22. The highest BCUT2D eigenvalue weighted by Gasteiger charge is 2.42. The smallest absolute Gasteiger partial charge is 0.263 e. The molecule has 0 saturated carbocycles. The summed E-state index contributed by atoms with van der Waals surface area (Å²) in [5, 5.41) is 4.07. The molecule has 2 aromatic rings. The molecule has 0 spiro atoms. The van der Waals surface area contributed by atoms with Crippen LogP contribution in [0.3, 0.4) is 0 Å². The fraction of sp³-hybridized carbons (Fsp3) is 0.600. The molecule has 0 unspecified atom stereocenters. The summed E-state index contributed by atoms with van der Waals surface area (Å²) in [6, 6.07) is 7.53. The van der Waals surface area contributed by atoms with Gasteiger partial charge in [-0.05, 0) is 102 Å². The first-order chi connectivity index (χ1) is 15.3. The molecule has 7 nitrogen and oxygen atoms in total. The van der Waals surface area contributed by atoms with E-state index in [4.69, 9.17) is 0 Å². The van der Waals surface area contributed by atoms with Crippen molar-refractivity contribution >= 4 is 22.7 Å². The predicted molar refractivity (Wildman–Crippen MR) is 127 cm³/mol. The third kappa shape index (κ3) is 4.55. The number of aromatic nitrogens is 1. The van der Waals surface area contributed by atoms with Gasteiger partial charge < -0.3 is 20.1 Å². The van der Waals surface area contributed by atoms with Gasteiger partial charge >= 0.3 is 0 Å². The van der Waals surface area contributed by atoms with Crippen molar-refractivity contribution in [1.29, 1.82) is 0 Å². The number of H-pyrrole nitrogens is 1. The van der Waals surface area contributed by atoms with Crippen molar-refractivity contribution in [3.05, 3.63) is 36.0 Å². The van der Waals surface area contributed by atoms with Crippen LogP contribution in [0.15, 0.2) is 30.5 Å². The average molecular weight is 440 g/mol. The highest BCUT2D eigenvalue weighted by Crippen LogP contribution is 2.33. The van der Waals surface area contributed by atoms with E-state index in [0.29, 0.717) is 11.5 Å². The van der Waals surface area contributed by atoms with Crippen LogP contribution in [0.4, 0.5) is 0 Å². The molecule has 3 heterocycles. The SMILES string of the molecule is CN1CCC(C2CCN(C(=O)[C@@](C)(NC(=O)c3ccc4cc[nH]c4c3)N(C)C)CC2)CC1. The molecular formula is C25H37N5O2. The van der Waals surface area contributed by atoms with E-state index in [1.54, 1.807) is 6.07 Å². The lowest BCUT2D eigenvalue weighted by Gasteiger charge is -2.43. The number of hydrogen-bond acceptors (Lipinski definition) is 4. The molecule has 0 aliphatic carbocycles. The Hall–Kier alpha value is -2.38. The standard InChI is InChI=1S/C25H37N5O2/c1-25(28(2)3,27-23(31)21-6-5-20-7-12-26-22(20)17-21)24(32)30-15-10-19(11-16-30)18-8-13-29(4)14-9-18/h5-7,12,17-19,26H,8-11,13-16H2,1-4H3,(H,27,31)/t25-/m0/s1. The number of aromatic amines is 1. The Bertz CT molecular complexity index is 954. The van der Waals surface area contributed by atoms with Crippen molar-refractivity contribution in [2.75, 3.05) is 47.3 Å².